The molecule has 0 atom stereocenters. The van der Waals surface area contributed by atoms with E-state index in [0.717, 1.165) is 18.5 Å². The number of rotatable bonds is 5. The molecule has 23 heavy (non-hydrogen) atoms. The van der Waals surface area contributed by atoms with E-state index in [9.17, 15) is 9.59 Å². The van der Waals surface area contributed by atoms with Gasteiger partial charge in [0.15, 0.2) is 5.16 Å². The second-order valence-corrected chi connectivity index (χ2v) is 6.52. The number of nitrogens with zero attached hydrogens (tertiary/aromatic N) is 2. The lowest BCUT2D eigenvalue weighted by atomic mass is 10.3. The maximum absolute atomic E-state index is 11.8. The van der Waals surface area contributed by atoms with Gasteiger partial charge in [-0.15, -0.1) is 0 Å². The van der Waals surface area contributed by atoms with Crippen molar-refractivity contribution in [2.75, 3.05) is 5.75 Å². The van der Waals surface area contributed by atoms with Crippen molar-refractivity contribution in [3.8, 4) is 5.69 Å². The second-order valence-electron chi connectivity index (χ2n) is 5.14. The van der Waals surface area contributed by atoms with E-state index in [1.54, 1.807) is 18.5 Å². The van der Waals surface area contributed by atoms with E-state index >= 15 is 0 Å². The third-order valence-electron chi connectivity index (χ3n) is 3.19. The van der Waals surface area contributed by atoms with Gasteiger partial charge >= 0.3 is 6.03 Å². The molecular formula is C15H15ClN4O2S. The van der Waals surface area contributed by atoms with Crippen molar-refractivity contribution >= 4 is 35.3 Å². The molecule has 3 amide bonds. The highest BCUT2D eigenvalue weighted by molar-refractivity contribution is 7.99. The molecule has 0 spiro atoms. The molecule has 1 fully saturated rings. The van der Waals surface area contributed by atoms with Crippen LogP contribution in [0.4, 0.5) is 4.79 Å². The fraction of sp³-hybridized carbons (Fsp3) is 0.267. The van der Waals surface area contributed by atoms with Crippen LogP contribution in [0.25, 0.3) is 5.69 Å². The Hall–Kier alpha value is -1.99. The number of aromatic nitrogens is 2. The monoisotopic (exact) mass is 350 g/mol. The Morgan fingerprint density at radius 1 is 1.39 bits per heavy atom. The highest BCUT2D eigenvalue weighted by Crippen LogP contribution is 2.22. The van der Waals surface area contributed by atoms with Crippen molar-refractivity contribution in [1.82, 2.24) is 20.2 Å². The molecule has 1 saturated carbocycles. The molecule has 1 aromatic heterocycles. The number of nitrogens with one attached hydrogen (secondary N) is 2. The summed E-state index contributed by atoms with van der Waals surface area (Å²) in [6.45, 7) is 0. The Morgan fingerprint density at radius 3 is 2.96 bits per heavy atom. The smallest absolute Gasteiger partial charge is 0.321 e. The summed E-state index contributed by atoms with van der Waals surface area (Å²) in [7, 11) is 0. The minimum Gasteiger partial charge on any atom is -0.335 e. The molecule has 0 bridgehead atoms. The number of carbonyl (C=O) groups is 2. The Bertz CT molecular complexity index is 730. The van der Waals surface area contributed by atoms with Gasteiger partial charge in [0.25, 0.3) is 0 Å². The molecule has 1 aromatic carbocycles. The van der Waals surface area contributed by atoms with Gasteiger partial charge in [0, 0.05) is 29.1 Å². The van der Waals surface area contributed by atoms with Crippen molar-refractivity contribution in [3.05, 3.63) is 41.7 Å². The zero-order valence-corrected chi connectivity index (χ0v) is 13.7. The highest BCUT2D eigenvalue weighted by Gasteiger charge is 2.23. The van der Waals surface area contributed by atoms with Crippen LogP contribution in [-0.4, -0.2) is 33.3 Å². The van der Waals surface area contributed by atoms with Crippen LogP contribution in [0.1, 0.15) is 12.8 Å². The molecule has 0 unspecified atom stereocenters. The Morgan fingerprint density at radius 2 is 2.22 bits per heavy atom. The van der Waals surface area contributed by atoms with E-state index in [-0.39, 0.29) is 17.7 Å². The van der Waals surface area contributed by atoms with Gasteiger partial charge in [-0.2, -0.15) is 0 Å². The molecule has 8 heteroatoms. The van der Waals surface area contributed by atoms with Gasteiger partial charge in [0.05, 0.1) is 5.75 Å². The van der Waals surface area contributed by atoms with Gasteiger partial charge in [-0.25, -0.2) is 9.78 Å². The number of imide groups is 1. The molecule has 1 aliphatic carbocycles. The average molecular weight is 351 g/mol. The number of hydrogen-bond donors (Lipinski definition) is 2. The van der Waals surface area contributed by atoms with Crippen molar-refractivity contribution < 1.29 is 9.59 Å². The van der Waals surface area contributed by atoms with E-state index in [4.69, 9.17) is 11.6 Å². The largest absolute Gasteiger partial charge is 0.335 e. The SMILES string of the molecule is O=C(CSc1nccn1-c1cccc(Cl)c1)NC(=O)NC1CC1. The maximum atomic E-state index is 11.8. The maximum Gasteiger partial charge on any atom is 0.321 e. The summed E-state index contributed by atoms with van der Waals surface area (Å²) in [5, 5.41) is 6.30. The molecule has 2 aromatic rings. The standard InChI is InChI=1S/C15H15ClN4O2S/c16-10-2-1-3-12(8-10)20-7-6-17-15(20)23-9-13(21)19-14(22)18-11-4-5-11/h1-3,6-8,11H,4-5,9H2,(H2,18,19,21,22). The van der Waals surface area contributed by atoms with Crippen LogP contribution < -0.4 is 10.6 Å². The average Bonchev–Trinajstić information content (AvgIpc) is 3.19. The first-order valence-electron chi connectivity index (χ1n) is 7.14. The van der Waals surface area contributed by atoms with Gasteiger partial charge in [0.2, 0.25) is 5.91 Å². The van der Waals surface area contributed by atoms with Crippen molar-refractivity contribution in [2.24, 2.45) is 0 Å². The minimum atomic E-state index is -0.434. The van der Waals surface area contributed by atoms with Crippen molar-refractivity contribution in [2.45, 2.75) is 24.0 Å². The summed E-state index contributed by atoms with van der Waals surface area (Å²) >= 11 is 7.25. The second kappa shape index (κ2) is 7.06. The van der Waals surface area contributed by atoms with Crippen LogP contribution in [0, 0.1) is 0 Å². The quantitative estimate of drug-likeness (QED) is 0.813. The van der Waals surface area contributed by atoms with Crippen LogP contribution in [0.2, 0.25) is 5.02 Å². The summed E-state index contributed by atoms with van der Waals surface area (Å²) in [4.78, 5) is 27.5. The van der Waals surface area contributed by atoms with Crippen molar-refractivity contribution in [1.29, 1.82) is 0 Å². The van der Waals surface area contributed by atoms with Crippen LogP contribution in [0.3, 0.4) is 0 Å². The van der Waals surface area contributed by atoms with E-state index in [1.807, 2.05) is 22.8 Å². The lowest BCUT2D eigenvalue weighted by Crippen LogP contribution is -2.41. The van der Waals surface area contributed by atoms with E-state index < -0.39 is 6.03 Å². The molecule has 6 nitrogen and oxygen atoms in total. The van der Waals surface area contributed by atoms with Gasteiger partial charge < -0.3 is 5.32 Å². The van der Waals surface area contributed by atoms with Crippen LogP contribution in [-0.2, 0) is 4.79 Å². The molecule has 1 heterocycles. The number of benzene rings is 1. The van der Waals surface area contributed by atoms with Gasteiger partial charge in [-0.1, -0.05) is 29.4 Å². The fourth-order valence-electron chi connectivity index (χ4n) is 1.96. The Kier molecular flexibility index (Phi) is 4.88. The van der Waals surface area contributed by atoms with E-state index in [2.05, 4.69) is 15.6 Å². The third kappa shape index (κ3) is 4.49. The lowest BCUT2D eigenvalue weighted by molar-refractivity contribution is -0.117. The first-order chi connectivity index (χ1) is 11.1. The Labute approximate surface area is 142 Å². The summed E-state index contributed by atoms with van der Waals surface area (Å²) in [5.41, 5.74) is 0.865. The fourth-order valence-corrected chi connectivity index (χ4v) is 2.92. The molecular weight excluding hydrogens is 336 g/mol. The summed E-state index contributed by atoms with van der Waals surface area (Å²) in [6.07, 6.45) is 5.41. The van der Waals surface area contributed by atoms with Gasteiger partial charge in [-0.05, 0) is 31.0 Å². The topological polar surface area (TPSA) is 76.0 Å². The number of imidazole rings is 1. The number of halogens is 1. The van der Waals surface area contributed by atoms with Gasteiger partial charge in [-0.3, -0.25) is 14.7 Å². The zero-order valence-electron chi connectivity index (χ0n) is 12.2. The molecule has 0 radical (unpaired) electrons. The number of urea groups is 1. The molecule has 0 aliphatic heterocycles. The number of carbonyl (C=O) groups excluding carboxylic acids is 2. The zero-order chi connectivity index (χ0) is 16.2. The number of thioether (sulfide) groups is 1. The highest BCUT2D eigenvalue weighted by atomic mass is 35.5. The van der Waals surface area contributed by atoms with E-state index in [1.165, 1.54) is 11.8 Å². The predicted octanol–water partition coefficient (Wildman–Crippen LogP) is 2.61. The normalized spacial score (nSPS) is 13.6. The summed E-state index contributed by atoms with van der Waals surface area (Å²) in [6, 6.07) is 7.15. The molecule has 1 aliphatic rings. The predicted molar refractivity (Wildman–Crippen MR) is 89.0 cm³/mol. The van der Waals surface area contributed by atoms with Gasteiger partial charge in [0.1, 0.15) is 0 Å². The number of hydrogen-bond acceptors (Lipinski definition) is 4. The third-order valence-corrected chi connectivity index (χ3v) is 4.39. The van der Waals surface area contributed by atoms with E-state index in [0.29, 0.717) is 10.2 Å². The molecule has 2 N–H and O–H groups in total. The van der Waals surface area contributed by atoms with Crippen molar-refractivity contribution in [3.63, 3.8) is 0 Å². The molecule has 3 rings (SSSR count). The minimum absolute atomic E-state index is 0.107. The lowest BCUT2D eigenvalue weighted by Gasteiger charge is -2.08. The summed E-state index contributed by atoms with van der Waals surface area (Å²) in [5.74, 6) is -0.246. The van der Waals surface area contributed by atoms with Crippen LogP contribution in [0.5, 0.6) is 0 Å². The molecule has 120 valence electrons. The first kappa shape index (κ1) is 15.9. The Balaban J connectivity index is 1.57. The van der Waals surface area contributed by atoms with Crippen LogP contribution >= 0.6 is 23.4 Å². The molecule has 0 saturated heterocycles. The van der Waals surface area contributed by atoms with Crippen LogP contribution in [0.15, 0.2) is 41.8 Å². The summed E-state index contributed by atoms with van der Waals surface area (Å²) < 4.78 is 1.84. The number of amides is 3. The first-order valence-corrected chi connectivity index (χ1v) is 8.50.